The Bertz CT molecular complexity index is 938. The summed E-state index contributed by atoms with van der Waals surface area (Å²) in [5, 5.41) is 6.01. The van der Waals surface area contributed by atoms with Crippen LogP contribution in [-0.4, -0.2) is 57.1 Å². The van der Waals surface area contributed by atoms with E-state index in [1.54, 1.807) is 29.2 Å². The molecular formula is C22H24BrN3O4. The highest BCUT2D eigenvalue weighted by molar-refractivity contribution is 9.10. The van der Waals surface area contributed by atoms with Crippen LogP contribution >= 0.6 is 15.9 Å². The number of methoxy groups -OCH3 is 2. The van der Waals surface area contributed by atoms with Gasteiger partial charge in [-0.2, -0.15) is 0 Å². The largest absolute Gasteiger partial charge is 0.493 e. The molecule has 2 amide bonds. The molecule has 0 spiro atoms. The van der Waals surface area contributed by atoms with Gasteiger partial charge in [0.2, 0.25) is 0 Å². The normalized spacial score (nSPS) is 14.2. The second-order valence-corrected chi connectivity index (χ2v) is 7.59. The molecule has 0 atom stereocenters. The number of hydrogen-bond donors (Lipinski definition) is 2. The minimum absolute atomic E-state index is 0.215. The minimum atomic E-state index is -0.400. The van der Waals surface area contributed by atoms with E-state index in [1.165, 1.54) is 14.2 Å². The van der Waals surface area contributed by atoms with Crippen LogP contribution in [-0.2, 0) is 4.79 Å². The van der Waals surface area contributed by atoms with E-state index in [0.717, 1.165) is 23.1 Å². The number of hydrogen-bond acceptors (Lipinski definition) is 5. The molecule has 1 fully saturated rings. The number of benzene rings is 2. The predicted molar refractivity (Wildman–Crippen MR) is 119 cm³/mol. The van der Waals surface area contributed by atoms with Crippen molar-refractivity contribution in [3.05, 3.63) is 63.8 Å². The zero-order chi connectivity index (χ0) is 21.5. The second-order valence-electron chi connectivity index (χ2n) is 6.68. The topological polar surface area (TPSA) is 79.9 Å². The Morgan fingerprint density at radius 3 is 2.33 bits per heavy atom. The van der Waals surface area contributed by atoms with E-state index in [0.29, 0.717) is 30.2 Å². The summed E-state index contributed by atoms with van der Waals surface area (Å²) in [5.41, 5.74) is 1.39. The van der Waals surface area contributed by atoms with Gasteiger partial charge in [-0.15, -0.1) is 0 Å². The van der Waals surface area contributed by atoms with E-state index in [9.17, 15) is 9.59 Å². The Labute approximate surface area is 184 Å². The van der Waals surface area contributed by atoms with Crippen molar-refractivity contribution >= 4 is 33.8 Å². The highest BCUT2D eigenvalue weighted by Crippen LogP contribution is 2.27. The van der Waals surface area contributed by atoms with Gasteiger partial charge in [0.25, 0.3) is 11.8 Å². The molecule has 158 valence electrons. The van der Waals surface area contributed by atoms with Crippen LogP contribution in [0.5, 0.6) is 11.5 Å². The monoisotopic (exact) mass is 473 g/mol. The number of piperazine rings is 1. The fourth-order valence-electron chi connectivity index (χ4n) is 3.09. The van der Waals surface area contributed by atoms with Gasteiger partial charge in [-0.1, -0.05) is 28.1 Å². The number of nitrogens with zero attached hydrogens (tertiary/aromatic N) is 1. The molecular weight excluding hydrogens is 450 g/mol. The number of amides is 2. The third kappa shape index (κ3) is 5.40. The van der Waals surface area contributed by atoms with Gasteiger partial charge in [-0.25, -0.2) is 0 Å². The molecule has 2 aromatic carbocycles. The fraction of sp³-hybridized carbons (Fsp3) is 0.273. The number of nitrogens with one attached hydrogen (secondary N) is 2. The van der Waals surface area contributed by atoms with Crippen molar-refractivity contribution in [1.29, 1.82) is 0 Å². The molecule has 2 aromatic rings. The van der Waals surface area contributed by atoms with Crippen LogP contribution in [0, 0.1) is 0 Å². The van der Waals surface area contributed by atoms with E-state index >= 15 is 0 Å². The van der Waals surface area contributed by atoms with E-state index in [-0.39, 0.29) is 11.6 Å². The SMILES string of the molecule is COc1ccc(C(=O)NC(=Cc2ccc(Br)cc2)C(=O)N2CCNCC2)cc1OC. The molecule has 0 radical (unpaired) electrons. The van der Waals surface area contributed by atoms with Gasteiger partial charge in [0.15, 0.2) is 11.5 Å². The summed E-state index contributed by atoms with van der Waals surface area (Å²) < 4.78 is 11.4. The molecule has 30 heavy (non-hydrogen) atoms. The molecule has 0 aliphatic carbocycles. The number of ether oxygens (including phenoxy) is 2. The first-order chi connectivity index (χ1) is 14.5. The van der Waals surface area contributed by atoms with Gasteiger partial charge in [0.05, 0.1) is 14.2 Å². The maximum atomic E-state index is 13.1. The summed E-state index contributed by atoms with van der Waals surface area (Å²) in [6.07, 6.45) is 1.69. The molecule has 0 bridgehead atoms. The Hall–Kier alpha value is -2.84. The molecule has 2 N–H and O–H groups in total. The van der Waals surface area contributed by atoms with Crippen LogP contribution in [0.3, 0.4) is 0 Å². The van der Waals surface area contributed by atoms with Gasteiger partial charge in [0.1, 0.15) is 5.70 Å². The predicted octanol–water partition coefficient (Wildman–Crippen LogP) is 2.67. The fourth-order valence-corrected chi connectivity index (χ4v) is 3.35. The van der Waals surface area contributed by atoms with Crippen LogP contribution in [0.2, 0.25) is 0 Å². The average molecular weight is 474 g/mol. The van der Waals surface area contributed by atoms with Crippen molar-refractivity contribution in [2.45, 2.75) is 0 Å². The molecule has 1 heterocycles. The average Bonchev–Trinajstić information content (AvgIpc) is 2.79. The van der Waals surface area contributed by atoms with Crippen molar-refractivity contribution in [1.82, 2.24) is 15.5 Å². The summed E-state index contributed by atoms with van der Waals surface area (Å²) in [7, 11) is 3.04. The molecule has 0 saturated carbocycles. The first kappa shape index (κ1) is 21.9. The summed E-state index contributed by atoms with van der Waals surface area (Å²) >= 11 is 3.40. The molecule has 3 rings (SSSR count). The third-order valence-corrected chi connectivity index (χ3v) is 5.24. The van der Waals surface area contributed by atoms with E-state index in [1.807, 2.05) is 24.3 Å². The second kappa shape index (κ2) is 10.3. The molecule has 7 nitrogen and oxygen atoms in total. The van der Waals surface area contributed by atoms with Crippen molar-refractivity contribution in [3.63, 3.8) is 0 Å². The Balaban J connectivity index is 1.88. The maximum absolute atomic E-state index is 13.1. The lowest BCUT2D eigenvalue weighted by Crippen LogP contribution is -2.48. The third-order valence-electron chi connectivity index (χ3n) is 4.71. The number of rotatable bonds is 6. The lowest BCUT2D eigenvalue weighted by molar-refractivity contribution is -0.127. The zero-order valence-electron chi connectivity index (χ0n) is 16.9. The summed E-state index contributed by atoms with van der Waals surface area (Å²) in [6.45, 7) is 2.62. The highest BCUT2D eigenvalue weighted by atomic mass is 79.9. The first-order valence-electron chi connectivity index (χ1n) is 9.52. The van der Waals surface area contributed by atoms with Crippen LogP contribution in [0.4, 0.5) is 0 Å². The lowest BCUT2D eigenvalue weighted by Gasteiger charge is -2.28. The number of carbonyl (C=O) groups excluding carboxylic acids is 2. The van der Waals surface area contributed by atoms with Crippen LogP contribution in [0.15, 0.2) is 52.6 Å². The van der Waals surface area contributed by atoms with Crippen LogP contribution < -0.4 is 20.1 Å². The van der Waals surface area contributed by atoms with E-state index in [4.69, 9.17) is 9.47 Å². The van der Waals surface area contributed by atoms with Crippen molar-refractivity contribution < 1.29 is 19.1 Å². The summed E-state index contributed by atoms with van der Waals surface area (Å²) in [4.78, 5) is 27.8. The standard InChI is InChI=1S/C22H24BrN3O4/c1-29-19-8-5-16(14-20(19)30-2)21(27)25-18(13-15-3-6-17(23)7-4-15)22(28)26-11-9-24-10-12-26/h3-8,13-14,24H,9-12H2,1-2H3,(H,25,27). The molecule has 1 aliphatic rings. The Kier molecular flexibility index (Phi) is 7.48. The summed E-state index contributed by atoms with van der Waals surface area (Å²) in [6, 6.07) is 12.4. The molecule has 1 saturated heterocycles. The van der Waals surface area contributed by atoms with Gasteiger partial charge in [-0.3, -0.25) is 9.59 Å². The van der Waals surface area contributed by atoms with E-state index in [2.05, 4.69) is 26.6 Å². The van der Waals surface area contributed by atoms with Crippen molar-refractivity contribution in [2.75, 3.05) is 40.4 Å². The van der Waals surface area contributed by atoms with Crippen LogP contribution in [0.25, 0.3) is 6.08 Å². The quantitative estimate of drug-likeness (QED) is 0.630. The lowest BCUT2D eigenvalue weighted by atomic mass is 10.1. The molecule has 0 unspecified atom stereocenters. The maximum Gasteiger partial charge on any atom is 0.270 e. The van der Waals surface area contributed by atoms with E-state index < -0.39 is 5.91 Å². The van der Waals surface area contributed by atoms with Crippen molar-refractivity contribution in [2.24, 2.45) is 0 Å². The van der Waals surface area contributed by atoms with Crippen molar-refractivity contribution in [3.8, 4) is 11.5 Å². The molecule has 8 heteroatoms. The first-order valence-corrected chi connectivity index (χ1v) is 10.3. The van der Waals surface area contributed by atoms with Gasteiger partial charge in [-0.05, 0) is 42.0 Å². The number of halogens is 1. The van der Waals surface area contributed by atoms with Gasteiger partial charge >= 0.3 is 0 Å². The van der Waals surface area contributed by atoms with Gasteiger partial charge < -0.3 is 25.0 Å². The zero-order valence-corrected chi connectivity index (χ0v) is 18.5. The minimum Gasteiger partial charge on any atom is -0.493 e. The van der Waals surface area contributed by atoms with Gasteiger partial charge in [0, 0.05) is 36.2 Å². The van der Waals surface area contributed by atoms with Crippen LogP contribution in [0.1, 0.15) is 15.9 Å². The summed E-state index contributed by atoms with van der Waals surface area (Å²) in [5.74, 6) is 0.352. The highest BCUT2D eigenvalue weighted by Gasteiger charge is 2.22. The molecule has 0 aromatic heterocycles. The Morgan fingerprint density at radius 1 is 1.03 bits per heavy atom. The Morgan fingerprint density at radius 2 is 1.70 bits per heavy atom. The molecule has 1 aliphatic heterocycles. The number of carbonyl (C=O) groups is 2. The smallest absolute Gasteiger partial charge is 0.270 e.